The molecule has 1 aliphatic rings. The Morgan fingerprint density at radius 1 is 1.42 bits per heavy atom. The fourth-order valence-corrected chi connectivity index (χ4v) is 2.34. The van der Waals surface area contributed by atoms with Gasteiger partial charge in [0.15, 0.2) is 5.82 Å². The van der Waals surface area contributed by atoms with Crippen LogP contribution < -0.4 is 9.55 Å². The second-order valence-corrected chi connectivity index (χ2v) is 6.08. The third-order valence-electron chi connectivity index (χ3n) is 3.33. The van der Waals surface area contributed by atoms with Crippen LogP contribution in [0.4, 0.5) is 10.2 Å². The molecule has 3 rings (SSSR count). The number of halogens is 2. The van der Waals surface area contributed by atoms with E-state index in [1.54, 1.807) is 0 Å². The molecule has 0 saturated heterocycles. The Morgan fingerprint density at radius 2 is 2.21 bits per heavy atom. The van der Waals surface area contributed by atoms with Gasteiger partial charge in [0.25, 0.3) is 5.88 Å². The van der Waals surface area contributed by atoms with Gasteiger partial charge < -0.3 is 14.3 Å². The van der Waals surface area contributed by atoms with Gasteiger partial charge >= 0.3 is 7.41 Å². The minimum atomic E-state index is -0.631. The van der Waals surface area contributed by atoms with Crippen LogP contribution in [0.3, 0.4) is 0 Å². The second-order valence-electron chi connectivity index (χ2n) is 5.16. The molecular weight excluding hydrogens is 380 g/mol. The van der Waals surface area contributed by atoms with Crippen molar-refractivity contribution in [2.75, 3.05) is 4.81 Å². The number of hydrogen-bond donors (Lipinski definition) is 0. The van der Waals surface area contributed by atoms with Crippen molar-refractivity contribution in [2.24, 2.45) is 5.92 Å². The number of amides is 1. The monoisotopic (exact) mass is 390 g/mol. The number of carbonyl (C=O) groups excluding carboxylic acids is 2. The molecule has 0 N–H and O–H groups in total. The molecule has 1 radical (unpaired) electrons. The average molecular weight is 391 g/mol. The van der Waals surface area contributed by atoms with E-state index in [0.717, 1.165) is 20.3 Å². The van der Waals surface area contributed by atoms with E-state index >= 15 is 0 Å². The lowest BCUT2D eigenvalue weighted by atomic mass is 9.93. The predicted molar refractivity (Wildman–Crippen MR) is 88.9 cm³/mol. The van der Waals surface area contributed by atoms with Gasteiger partial charge in [-0.2, -0.15) is 0 Å². The van der Waals surface area contributed by atoms with E-state index in [2.05, 4.69) is 25.9 Å². The van der Waals surface area contributed by atoms with Crippen LogP contribution >= 0.6 is 15.9 Å². The number of pyridine rings is 2. The normalized spacial score (nSPS) is 13.2. The van der Waals surface area contributed by atoms with Gasteiger partial charge in [-0.25, -0.2) is 14.4 Å². The van der Waals surface area contributed by atoms with E-state index in [1.165, 1.54) is 35.4 Å². The Morgan fingerprint density at radius 3 is 2.88 bits per heavy atom. The molecule has 24 heavy (non-hydrogen) atoms. The number of ether oxygens (including phenoxy) is 1. The molecule has 2 aromatic rings. The average Bonchev–Trinajstić information content (AvgIpc) is 3.40. The topological polar surface area (TPSA) is 72.4 Å². The minimum Gasteiger partial charge on any atom is -0.436 e. The van der Waals surface area contributed by atoms with Crippen molar-refractivity contribution < 1.29 is 18.7 Å². The summed E-state index contributed by atoms with van der Waals surface area (Å²) in [6, 6.07) is 4.18. The Bertz CT molecular complexity index is 788. The maximum Gasteiger partial charge on any atom is 0.338 e. The molecule has 6 nitrogen and oxygen atoms in total. The summed E-state index contributed by atoms with van der Waals surface area (Å²) in [5.41, 5.74) is 0. The zero-order valence-electron chi connectivity index (χ0n) is 12.4. The number of anilines is 1. The maximum atomic E-state index is 13.8. The third-order valence-corrected chi connectivity index (χ3v) is 3.76. The van der Waals surface area contributed by atoms with Crippen LogP contribution in [0.1, 0.15) is 12.8 Å². The lowest BCUT2D eigenvalue weighted by Gasteiger charge is -2.19. The Labute approximate surface area is 146 Å². The van der Waals surface area contributed by atoms with Crippen LogP contribution in [0.2, 0.25) is 0 Å². The molecule has 0 spiro atoms. The summed E-state index contributed by atoms with van der Waals surface area (Å²) >= 11 is 3.12. The predicted octanol–water partition coefficient (Wildman–Crippen LogP) is 2.72. The van der Waals surface area contributed by atoms with Crippen molar-refractivity contribution in [3.05, 3.63) is 40.9 Å². The van der Waals surface area contributed by atoms with Crippen molar-refractivity contribution >= 4 is 41.3 Å². The first kappa shape index (κ1) is 16.6. The van der Waals surface area contributed by atoms with Crippen LogP contribution in [0.25, 0.3) is 0 Å². The first-order valence-electron chi connectivity index (χ1n) is 7.15. The van der Waals surface area contributed by atoms with E-state index in [-0.39, 0.29) is 29.3 Å². The van der Waals surface area contributed by atoms with Crippen molar-refractivity contribution in [3.8, 4) is 11.6 Å². The van der Waals surface area contributed by atoms with E-state index in [0.29, 0.717) is 10.7 Å². The highest BCUT2D eigenvalue weighted by Gasteiger charge is 2.34. The number of hydrogen-bond acceptors (Lipinski definition) is 5. The fourth-order valence-electron chi connectivity index (χ4n) is 2.03. The minimum absolute atomic E-state index is 0.0850. The van der Waals surface area contributed by atoms with Crippen molar-refractivity contribution in [1.29, 1.82) is 0 Å². The molecule has 0 aromatic carbocycles. The van der Waals surface area contributed by atoms with Crippen molar-refractivity contribution in [1.82, 2.24) is 9.97 Å². The van der Waals surface area contributed by atoms with Gasteiger partial charge in [-0.1, -0.05) is 0 Å². The van der Waals surface area contributed by atoms with Gasteiger partial charge in [0, 0.05) is 28.9 Å². The molecule has 0 bridgehead atoms. The van der Waals surface area contributed by atoms with Gasteiger partial charge in [-0.15, -0.1) is 0 Å². The van der Waals surface area contributed by atoms with Crippen LogP contribution in [-0.2, 0) is 9.59 Å². The molecule has 0 atom stereocenters. The SMILES string of the molecule is O=C[B]N(C(=O)C1CC1)c1cc(Oc2ncc(Br)cc2F)ccn1. The largest absolute Gasteiger partial charge is 0.436 e. The Kier molecular flexibility index (Phi) is 4.89. The third kappa shape index (κ3) is 3.78. The quantitative estimate of drug-likeness (QED) is 0.560. The molecule has 1 fully saturated rings. The first-order chi connectivity index (χ1) is 11.6. The lowest BCUT2D eigenvalue weighted by Crippen LogP contribution is -2.37. The summed E-state index contributed by atoms with van der Waals surface area (Å²) in [6.45, 7) is 0. The first-order valence-corrected chi connectivity index (χ1v) is 7.94. The number of rotatable bonds is 6. The molecule has 9 heteroatoms. The molecule has 2 heterocycles. The highest BCUT2D eigenvalue weighted by atomic mass is 79.9. The summed E-state index contributed by atoms with van der Waals surface area (Å²) in [6.07, 6.45) is 4.93. The maximum absolute atomic E-state index is 13.8. The Balaban J connectivity index is 1.84. The van der Waals surface area contributed by atoms with E-state index in [4.69, 9.17) is 4.74 Å². The van der Waals surface area contributed by atoms with Gasteiger partial charge in [0.1, 0.15) is 17.8 Å². The summed E-state index contributed by atoms with van der Waals surface area (Å²) in [4.78, 5) is 32.2. The number of carbonyl (C=O) groups is 2. The molecular formula is C15H11BBrFN3O3. The van der Waals surface area contributed by atoms with Crippen LogP contribution in [0.15, 0.2) is 35.1 Å². The summed E-state index contributed by atoms with van der Waals surface area (Å²) in [5.74, 6) is -0.628. The summed E-state index contributed by atoms with van der Waals surface area (Å²) < 4.78 is 19.7. The van der Waals surface area contributed by atoms with Gasteiger partial charge in [0.05, 0.1) is 0 Å². The number of nitrogens with zero attached hydrogens (tertiary/aromatic N) is 3. The number of aromatic nitrogens is 2. The van der Waals surface area contributed by atoms with E-state index in [1.807, 2.05) is 0 Å². The molecule has 0 aliphatic heterocycles. The molecule has 2 aromatic heterocycles. The van der Waals surface area contributed by atoms with Gasteiger partial charge in [-0.05, 0) is 40.9 Å². The summed E-state index contributed by atoms with van der Waals surface area (Å²) in [5, 5.41) is 0. The highest BCUT2D eigenvalue weighted by molar-refractivity contribution is 9.10. The van der Waals surface area contributed by atoms with E-state index in [9.17, 15) is 14.0 Å². The molecule has 1 amide bonds. The van der Waals surface area contributed by atoms with Crippen LogP contribution in [-0.4, -0.2) is 29.5 Å². The van der Waals surface area contributed by atoms with Crippen molar-refractivity contribution in [3.63, 3.8) is 0 Å². The van der Waals surface area contributed by atoms with Crippen LogP contribution in [0, 0.1) is 11.7 Å². The zero-order valence-corrected chi connectivity index (χ0v) is 13.9. The van der Waals surface area contributed by atoms with Crippen molar-refractivity contribution in [2.45, 2.75) is 12.8 Å². The summed E-state index contributed by atoms with van der Waals surface area (Å²) in [7, 11) is 1.12. The standard InChI is InChI=1S/C15H11BBrFN3O3/c17-10-5-12(18)14(20-7-10)24-11-3-4-19-13(6-11)21(16-8-22)15(23)9-1-2-9/h3-9H,1-2H2. The molecule has 1 aliphatic carbocycles. The Hall–Kier alpha value is -2.29. The smallest absolute Gasteiger partial charge is 0.338 e. The molecule has 1 saturated carbocycles. The lowest BCUT2D eigenvalue weighted by molar-refractivity contribution is -0.118. The zero-order chi connectivity index (χ0) is 17.1. The molecule has 121 valence electrons. The second kappa shape index (κ2) is 7.08. The highest BCUT2D eigenvalue weighted by Crippen LogP contribution is 2.33. The van der Waals surface area contributed by atoms with E-state index < -0.39 is 5.82 Å². The fraction of sp³-hybridized carbons (Fsp3) is 0.200. The van der Waals surface area contributed by atoms with Gasteiger partial charge in [0.2, 0.25) is 5.91 Å². The molecule has 0 unspecified atom stereocenters. The van der Waals surface area contributed by atoms with Gasteiger partial charge in [-0.3, -0.25) is 4.79 Å². The van der Waals surface area contributed by atoms with Crippen LogP contribution in [0.5, 0.6) is 11.6 Å².